The highest BCUT2D eigenvalue weighted by atomic mass is 79.9. The van der Waals surface area contributed by atoms with Crippen LogP contribution in [0.4, 0.5) is 11.4 Å². The van der Waals surface area contributed by atoms with Crippen molar-refractivity contribution in [2.24, 2.45) is 5.73 Å². The third kappa shape index (κ3) is 3.69. The van der Waals surface area contributed by atoms with Crippen LogP contribution in [0.15, 0.2) is 45.3 Å². The molecule has 98 valence electrons. The predicted molar refractivity (Wildman–Crippen MR) is 92.5 cm³/mol. The summed E-state index contributed by atoms with van der Waals surface area (Å²) < 4.78 is 1.82. The van der Waals surface area contributed by atoms with Crippen molar-refractivity contribution in [3.63, 3.8) is 0 Å². The Bertz CT molecular complexity index is 647. The van der Waals surface area contributed by atoms with Gasteiger partial charge in [0.15, 0.2) is 0 Å². The highest BCUT2D eigenvalue weighted by Crippen LogP contribution is 2.32. The Kier molecular flexibility index (Phi) is 4.84. The van der Waals surface area contributed by atoms with Crippen molar-refractivity contribution >= 4 is 72.0 Å². The Labute approximate surface area is 138 Å². The van der Waals surface area contributed by atoms with E-state index in [-0.39, 0.29) is 0 Å². The third-order valence-corrected chi connectivity index (χ3v) is 4.17. The van der Waals surface area contributed by atoms with E-state index in [1.807, 2.05) is 36.4 Å². The van der Waals surface area contributed by atoms with Crippen molar-refractivity contribution in [2.45, 2.75) is 0 Å². The van der Waals surface area contributed by atoms with Crippen molar-refractivity contribution in [3.05, 3.63) is 55.9 Å². The van der Waals surface area contributed by atoms with Gasteiger partial charge in [0.05, 0.1) is 16.4 Å². The Morgan fingerprint density at radius 2 is 1.84 bits per heavy atom. The molecule has 0 bridgehead atoms. The fourth-order valence-corrected chi connectivity index (χ4v) is 2.64. The number of nitrogens with one attached hydrogen (secondary N) is 1. The molecule has 0 radical (unpaired) electrons. The van der Waals surface area contributed by atoms with E-state index in [4.69, 9.17) is 29.6 Å². The molecule has 0 amide bonds. The molecule has 6 heteroatoms. The molecule has 0 aliphatic heterocycles. The van der Waals surface area contributed by atoms with Crippen molar-refractivity contribution in [3.8, 4) is 0 Å². The quantitative estimate of drug-likeness (QED) is 0.667. The van der Waals surface area contributed by atoms with Crippen molar-refractivity contribution in [1.82, 2.24) is 0 Å². The van der Waals surface area contributed by atoms with Gasteiger partial charge in [-0.3, -0.25) is 0 Å². The summed E-state index contributed by atoms with van der Waals surface area (Å²) in [6.45, 7) is 0. The Morgan fingerprint density at radius 3 is 2.47 bits per heavy atom. The SMILES string of the molecule is NC(=S)c1ccc(Nc2cc(Br)ccc2Cl)c(Br)c1. The minimum atomic E-state index is 0.368. The highest BCUT2D eigenvalue weighted by Gasteiger charge is 2.06. The second kappa shape index (κ2) is 6.22. The highest BCUT2D eigenvalue weighted by molar-refractivity contribution is 9.10. The lowest BCUT2D eigenvalue weighted by Crippen LogP contribution is -2.09. The molecule has 0 heterocycles. The van der Waals surface area contributed by atoms with Crippen molar-refractivity contribution in [1.29, 1.82) is 0 Å². The average Bonchev–Trinajstić information content (AvgIpc) is 2.36. The van der Waals surface area contributed by atoms with Gasteiger partial charge in [-0.2, -0.15) is 0 Å². The first-order valence-electron chi connectivity index (χ1n) is 5.29. The van der Waals surface area contributed by atoms with Crippen LogP contribution in [0.3, 0.4) is 0 Å². The fraction of sp³-hybridized carbons (Fsp3) is 0. The molecule has 0 aliphatic rings. The smallest absolute Gasteiger partial charge is 0.104 e. The summed E-state index contributed by atoms with van der Waals surface area (Å²) in [5.41, 5.74) is 8.11. The van der Waals surface area contributed by atoms with Crippen LogP contribution in [-0.4, -0.2) is 4.99 Å². The lowest BCUT2D eigenvalue weighted by molar-refractivity contribution is 1.50. The lowest BCUT2D eigenvalue weighted by Gasteiger charge is -2.11. The second-order valence-electron chi connectivity index (χ2n) is 3.81. The third-order valence-electron chi connectivity index (χ3n) is 2.45. The molecule has 0 aromatic heterocycles. The lowest BCUT2D eigenvalue weighted by atomic mass is 10.2. The van der Waals surface area contributed by atoms with Crippen molar-refractivity contribution < 1.29 is 0 Å². The van der Waals surface area contributed by atoms with Crippen LogP contribution >= 0.6 is 55.7 Å². The Hall–Kier alpha value is -0.620. The molecular weight excluding hydrogens is 411 g/mol. The van der Waals surface area contributed by atoms with Gasteiger partial charge in [0.25, 0.3) is 0 Å². The van der Waals surface area contributed by atoms with E-state index in [1.54, 1.807) is 0 Å². The number of anilines is 2. The summed E-state index contributed by atoms with van der Waals surface area (Å²) in [4.78, 5) is 0.368. The van der Waals surface area contributed by atoms with Crippen molar-refractivity contribution in [2.75, 3.05) is 5.32 Å². The predicted octanol–water partition coefficient (Wildman–Crippen LogP) is 5.24. The number of halogens is 3. The van der Waals surface area contributed by atoms with E-state index in [0.29, 0.717) is 10.0 Å². The summed E-state index contributed by atoms with van der Waals surface area (Å²) in [6.07, 6.45) is 0. The van der Waals surface area contributed by atoms with Crippen LogP contribution in [0.5, 0.6) is 0 Å². The largest absolute Gasteiger partial charge is 0.389 e. The molecule has 19 heavy (non-hydrogen) atoms. The maximum absolute atomic E-state index is 6.14. The van der Waals surface area contributed by atoms with Crippen LogP contribution in [-0.2, 0) is 0 Å². The Balaban J connectivity index is 2.33. The number of hydrogen-bond acceptors (Lipinski definition) is 2. The van der Waals surface area contributed by atoms with Gasteiger partial charge in [0.2, 0.25) is 0 Å². The first-order chi connectivity index (χ1) is 8.97. The van der Waals surface area contributed by atoms with Crippen LogP contribution in [0.1, 0.15) is 5.56 Å². The van der Waals surface area contributed by atoms with Crippen LogP contribution in [0.2, 0.25) is 5.02 Å². The molecule has 0 unspecified atom stereocenters. The second-order valence-corrected chi connectivity index (χ2v) is 6.43. The van der Waals surface area contributed by atoms with E-state index in [2.05, 4.69) is 37.2 Å². The first kappa shape index (κ1) is 14.8. The summed E-state index contributed by atoms with van der Waals surface area (Å²) in [5.74, 6) is 0. The molecule has 0 saturated carbocycles. The Morgan fingerprint density at radius 1 is 1.11 bits per heavy atom. The van der Waals surface area contributed by atoms with Crippen LogP contribution < -0.4 is 11.1 Å². The standard InChI is InChI=1S/C13H9Br2ClN2S/c14-8-2-3-10(16)12(6-8)18-11-4-1-7(13(17)19)5-9(11)15/h1-6,18H,(H2,17,19). The van der Waals surface area contributed by atoms with Gasteiger partial charge in [-0.1, -0.05) is 39.7 Å². The molecule has 0 saturated heterocycles. The molecule has 2 aromatic rings. The minimum Gasteiger partial charge on any atom is -0.389 e. The van der Waals surface area contributed by atoms with Gasteiger partial charge in [-0.25, -0.2) is 0 Å². The summed E-state index contributed by atoms with van der Waals surface area (Å²) >= 11 is 18.0. The topological polar surface area (TPSA) is 38.0 Å². The molecule has 2 nitrogen and oxygen atoms in total. The van der Waals surface area contributed by atoms with Gasteiger partial charge in [-0.15, -0.1) is 0 Å². The van der Waals surface area contributed by atoms with Crippen LogP contribution in [0.25, 0.3) is 0 Å². The maximum atomic E-state index is 6.14. The number of rotatable bonds is 3. The van der Waals surface area contributed by atoms with Gasteiger partial charge >= 0.3 is 0 Å². The molecule has 2 aromatic carbocycles. The zero-order valence-electron chi connectivity index (χ0n) is 9.58. The molecule has 0 atom stereocenters. The zero-order chi connectivity index (χ0) is 14.0. The van der Waals surface area contributed by atoms with E-state index < -0.39 is 0 Å². The molecule has 0 aliphatic carbocycles. The zero-order valence-corrected chi connectivity index (χ0v) is 14.3. The summed E-state index contributed by atoms with van der Waals surface area (Å²) in [5, 5.41) is 3.90. The molecule has 3 N–H and O–H groups in total. The van der Waals surface area contributed by atoms with Gasteiger partial charge < -0.3 is 11.1 Å². The molecule has 2 rings (SSSR count). The van der Waals surface area contributed by atoms with E-state index >= 15 is 0 Å². The average molecular weight is 421 g/mol. The van der Waals surface area contributed by atoms with Gasteiger partial charge in [0.1, 0.15) is 4.99 Å². The number of nitrogens with two attached hydrogens (primary N) is 1. The van der Waals surface area contributed by atoms with Gasteiger partial charge in [-0.05, 0) is 52.3 Å². The number of thiocarbonyl (C=S) groups is 1. The summed E-state index contributed by atoms with van der Waals surface area (Å²) in [7, 11) is 0. The van der Waals surface area contributed by atoms with E-state index in [0.717, 1.165) is 25.9 Å². The van der Waals surface area contributed by atoms with Crippen LogP contribution in [0, 0.1) is 0 Å². The maximum Gasteiger partial charge on any atom is 0.104 e. The monoisotopic (exact) mass is 418 g/mol. The van der Waals surface area contributed by atoms with E-state index in [9.17, 15) is 0 Å². The van der Waals surface area contributed by atoms with E-state index in [1.165, 1.54) is 0 Å². The molecule has 0 fully saturated rings. The fourth-order valence-electron chi connectivity index (χ4n) is 1.51. The molecule has 0 spiro atoms. The normalized spacial score (nSPS) is 10.3. The van der Waals surface area contributed by atoms with Gasteiger partial charge in [0, 0.05) is 14.5 Å². The minimum absolute atomic E-state index is 0.368. The molecular formula is C13H9Br2ClN2S. The summed E-state index contributed by atoms with van der Waals surface area (Å²) in [6, 6.07) is 11.3. The number of benzene rings is 2. The first-order valence-corrected chi connectivity index (χ1v) is 7.66. The number of hydrogen-bond donors (Lipinski definition) is 2.